The molecular weight excluding hydrogens is 544 g/mol. The highest BCUT2D eigenvalue weighted by atomic mass is 16.5. The molecule has 2 saturated heterocycles. The van der Waals surface area contributed by atoms with Crippen molar-refractivity contribution < 1.29 is 18.7 Å². The van der Waals surface area contributed by atoms with Crippen molar-refractivity contribution in [2.75, 3.05) is 39.4 Å². The first kappa shape index (κ1) is 28.3. The molecule has 0 bridgehead atoms. The standard InChI is InChI=1S/C33H40N6O4/c40-27-10-9-26(23-13-15-34-16-14-23)33(41)36-32-30(27)35-31(37-39(32)25-3-1-2-4-25)29-12-11-28(43-29)24-7-5-22(6-8-24)21-38-17-19-42-20-18-38/h5-8,11-12,23,25-26,34H,1-4,9-10,13-21H2. The predicted octanol–water partition coefficient (Wildman–Crippen LogP) is 4.04. The molecule has 43 heavy (non-hydrogen) atoms. The minimum Gasteiger partial charge on any atom is -0.453 e. The van der Waals surface area contributed by atoms with Crippen LogP contribution < -0.4 is 5.32 Å². The van der Waals surface area contributed by atoms with Crippen LogP contribution in [0.1, 0.15) is 62.7 Å². The van der Waals surface area contributed by atoms with E-state index in [1.54, 1.807) is 0 Å². The van der Waals surface area contributed by atoms with Crippen molar-refractivity contribution >= 4 is 29.1 Å². The van der Waals surface area contributed by atoms with Crippen LogP contribution >= 0.6 is 0 Å². The fourth-order valence-corrected chi connectivity index (χ4v) is 7.04. The van der Waals surface area contributed by atoms with Crippen LogP contribution in [0.15, 0.2) is 55.9 Å². The van der Waals surface area contributed by atoms with Crippen LogP contribution in [0.3, 0.4) is 0 Å². The topological polar surface area (TPSA) is 112 Å². The van der Waals surface area contributed by atoms with Crippen LogP contribution in [-0.4, -0.2) is 84.4 Å². The predicted molar refractivity (Wildman–Crippen MR) is 164 cm³/mol. The van der Waals surface area contributed by atoms with Gasteiger partial charge in [-0.25, -0.2) is 10.0 Å². The van der Waals surface area contributed by atoms with E-state index in [9.17, 15) is 9.59 Å². The van der Waals surface area contributed by atoms with Gasteiger partial charge in [-0.05, 0) is 68.8 Å². The van der Waals surface area contributed by atoms with Crippen molar-refractivity contribution in [3.63, 3.8) is 0 Å². The number of ether oxygens (including phenoxy) is 1. The van der Waals surface area contributed by atoms with Crippen LogP contribution in [0.4, 0.5) is 0 Å². The first-order valence-electron chi connectivity index (χ1n) is 16.0. The van der Waals surface area contributed by atoms with Crippen LogP contribution in [-0.2, 0) is 20.9 Å². The highest BCUT2D eigenvalue weighted by Gasteiger charge is 2.39. The molecule has 2 aromatic rings. The molecule has 226 valence electrons. The number of morpholine rings is 1. The van der Waals surface area contributed by atoms with E-state index in [2.05, 4.69) is 39.5 Å². The number of Topliss-reactive ketones (excluding diaryl/α,β-unsaturated/α-hetero) is 1. The van der Waals surface area contributed by atoms with Crippen LogP contribution in [0.25, 0.3) is 11.3 Å². The Kier molecular flexibility index (Phi) is 8.32. The van der Waals surface area contributed by atoms with E-state index in [-0.39, 0.29) is 41.7 Å². The van der Waals surface area contributed by atoms with Gasteiger partial charge < -0.3 is 14.5 Å². The maximum atomic E-state index is 13.6. The van der Waals surface area contributed by atoms with Gasteiger partial charge in [-0.15, -0.1) is 5.10 Å². The molecule has 5 aliphatic rings. The van der Waals surface area contributed by atoms with Gasteiger partial charge in [0.1, 0.15) is 5.76 Å². The zero-order valence-electron chi connectivity index (χ0n) is 24.7. The van der Waals surface area contributed by atoms with E-state index < -0.39 is 0 Å². The Morgan fingerprint density at radius 3 is 2.37 bits per heavy atom. The summed E-state index contributed by atoms with van der Waals surface area (Å²) in [4.78, 5) is 38.9. The lowest BCUT2D eigenvalue weighted by Gasteiger charge is -2.33. The number of hydrogen-bond donors (Lipinski definition) is 1. The second-order valence-electron chi connectivity index (χ2n) is 12.3. The summed E-state index contributed by atoms with van der Waals surface area (Å²) in [5, 5.41) is 10.1. The minimum atomic E-state index is -0.233. The van der Waals surface area contributed by atoms with Crippen molar-refractivity contribution in [3.05, 3.63) is 47.7 Å². The van der Waals surface area contributed by atoms with Gasteiger partial charge in [-0.2, -0.15) is 4.99 Å². The molecule has 10 nitrogen and oxygen atoms in total. The first-order chi connectivity index (χ1) is 21.1. The van der Waals surface area contributed by atoms with Crippen LogP contribution in [0, 0.1) is 11.8 Å². The fraction of sp³-hybridized carbons (Fsp3) is 0.545. The number of nitrogens with zero attached hydrogens (tertiary/aromatic N) is 5. The summed E-state index contributed by atoms with van der Waals surface area (Å²) in [5.74, 6) is 1.69. The SMILES string of the molecule is O=C1CCC(C2CCNCC2)C(=O)N=C2C1=NC(c1ccc(-c3ccc(CN4CCOCC4)cc3)o1)=NN2C1CCCC1. The third-order valence-electron chi connectivity index (χ3n) is 9.53. The quantitative estimate of drug-likeness (QED) is 0.545. The van der Waals surface area contributed by atoms with Gasteiger partial charge in [0.05, 0.1) is 19.3 Å². The van der Waals surface area contributed by atoms with Gasteiger partial charge in [0.2, 0.25) is 5.84 Å². The van der Waals surface area contributed by atoms with E-state index in [4.69, 9.17) is 19.2 Å². The number of carbonyl (C=O) groups excluding carboxylic acids is 2. The van der Waals surface area contributed by atoms with Gasteiger partial charge in [0, 0.05) is 37.5 Å². The van der Waals surface area contributed by atoms with E-state index in [0.717, 1.165) is 90.0 Å². The molecule has 3 fully saturated rings. The molecule has 0 radical (unpaired) electrons. The zero-order valence-corrected chi connectivity index (χ0v) is 24.7. The largest absolute Gasteiger partial charge is 0.453 e. The molecule has 1 aromatic heterocycles. The van der Waals surface area contributed by atoms with Gasteiger partial charge >= 0.3 is 0 Å². The second-order valence-corrected chi connectivity index (χ2v) is 12.3. The summed E-state index contributed by atoms with van der Waals surface area (Å²) >= 11 is 0. The number of amidine groups is 2. The fourth-order valence-electron chi connectivity index (χ4n) is 7.04. The second kappa shape index (κ2) is 12.6. The summed E-state index contributed by atoms with van der Waals surface area (Å²) < 4.78 is 11.7. The van der Waals surface area contributed by atoms with Crippen molar-refractivity contribution in [2.24, 2.45) is 26.9 Å². The minimum absolute atomic E-state index is 0.0741. The number of ketones is 1. The number of hydrazone groups is 1. The number of fused-ring (bicyclic) bond motifs is 1. The van der Waals surface area contributed by atoms with Crippen LogP contribution in [0.2, 0.25) is 0 Å². The zero-order chi connectivity index (χ0) is 29.2. The molecule has 1 amide bonds. The number of rotatable bonds is 6. The summed E-state index contributed by atoms with van der Waals surface area (Å²) in [6.07, 6.45) is 6.69. The van der Waals surface area contributed by atoms with E-state index >= 15 is 0 Å². The molecule has 1 saturated carbocycles. The van der Waals surface area contributed by atoms with Crippen molar-refractivity contribution in [2.45, 2.75) is 64.0 Å². The Morgan fingerprint density at radius 2 is 1.60 bits per heavy atom. The highest BCUT2D eigenvalue weighted by molar-refractivity contribution is 6.69. The highest BCUT2D eigenvalue weighted by Crippen LogP contribution is 2.32. The summed E-state index contributed by atoms with van der Waals surface area (Å²) in [6.45, 7) is 6.18. The van der Waals surface area contributed by atoms with Crippen molar-refractivity contribution in [3.8, 4) is 11.3 Å². The smallest absolute Gasteiger partial charge is 0.251 e. The monoisotopic (exact) mass is 584 g/mol. The number of aliphatic imine (C=N–C) groups is 2. The molecule has 0 spiro atoms. The molecule has 1 unspecified atom stereocenters. The Hall–Kier alpha value is -3.47. The molecule has 1 aliphatic carbocycles. The lowest BCUT2D eigenvalue weighted by atomic mass is 9.80. The van der Waals surface area contributed by atoms with Crippen molar-refractivity contribution in [1.29, 1.82) is 0 Å². The average molecular weight is 585 g/mol. The van der Waals surface area contributed by atoms with E-state index in [0.29, 0.717) is 29.6 Å². The Labute approximate surface area is 252 Å². The maximum Gasteiger partial charge on any atom is 0.251 e. The molecule has 1 aromatic carbocycles. The van der Waals surface area contributed by atoms with Gasteiger partial charge in [0.15, 0.2) is 23.1 Å². The molecule has 4 aliphatic heterocycles. The molecule has 7 rings (SSSR count). The third-order valence-corrected chi connectivity index (χ3v) is 9.53. The van der Waals surface area contributed by atoms with Crippen molar-refractivity contribution in [1.82, 2.24) is 15.2 Å². The number of furan rings is 1. The molecule has 1 N–H and O–H groups in total. The first-order valence-corrected chi connectivity index (χ1v) is 16.0. The van der Waals surface area contributed by atoms with Gasteiger partial charge in [0.25, 0.3) is 5.91 Å². The number of piperidine rings is 1. The molecule has 5 heterocycles. The van der Waals surface area contributed by atoms with Crippen LogP contribution in [0.5, 0.6) is 0 Å². The Balaban J connectivity index is 1.15. The summed E-state index contributed by atoms with van der Waals surface area (Å²) in [7, 11) is 0. The number of benzene rings is 1. The van der Waals surface area contributed by atoms with Gasteiger partial charge in [-0.3, -0.25) is 14.5 Å². The molecular formula is C33H40N6O4. The summed E-state index contributed by atoms with van der Waals surface area (Å²) in [6, 6.07) is 12.3. The number of amides is 1. The van der Waals surface area contributed by atoms with Gasteiger partial charge in [-0.1, -0.05) is 37.1 Å². The third kappa shape index (κ3) is 6.14. The number of hydrogen-bond acceptors (Lipinski definition) is 9. The molecule has 1 atom stereocenters. The normalized spacial score (nSPS) is 24.7. The lowest BCUT2D eigenvalue weighted by Crippen LogP contribution is -2.47. The number of nitrogens with one attached hydrogen (secondary N) is 1. The Bertz CT molecular complexity index is 1430. The number of carbonyl (C=O) groups is 2. The molecule has 10 heteroatoms. The maximum absolute atomic E-state index is 13.6. The summed E-state index contributed by atoms with van der Waals surface area (Å²) in [5.41, 5.74) is 2.45. The Morgan fingerprint density at radius 1 is 0.860 bits per heavy atom. The van der Waals surface area contributed by atoms with E-state index in [1.807, 2.05) is 17.1 Å². The average Bonchev–Trinajstić information content (AvgIpc) is 3.76. The van der Waals surface area contributed by atoms with E-state index in [1.165, 1.54) is 5.56 Å². The lowest BCUT2D eigenvalue weighted by molar-refractivity contribution is -0.124.